The van der Waals surface area contributed by atoms with Crippen molar-refractivity contribution in [2.24, 2.45) is 5.41 Å². The molecule has 1 aliphatic heterocycles. The van der Waals surface area contributed by atoms with Gasteiger partial charge in [-0.1, -0.05) is 19.3 Å². The van der Waals surface area contributed by atoms with Gasteiger partial charge >= 0.3 is 5.97 Å². The average molecular weight is 258 g/mol. The van der Waals surface area contributed by atoms with Crippen molar-refractivity contribution in [1.82, 2.24) is 0 Å². The summed E-state index contributed by atoms with van der Waals surface area (Å²) in [6, 6.07) is 0. The van der Waals surface area contributed by atoms with Gasteiger partial charge in [0, 0.05) is 5.75 Å². The summed E-state index contributed by atoms with van der Waals surface area (Å²) in [5.74, 6) is 1.59. The van der Waals surface area contributed by atoms with E-state index in [2.05, 4.69) is 0 Å². The Balaban J connectivity index is 2.27. The zero-order valence-corrected chi connectivity index (χ0v) is 11.4. The topological polar surface area (TPSA) is 46.5 Å². The summed E-state index contributed by atoms with van der Waals surface area (Å²) in [6.45, 7) is 0. The molecule has 98 valence electrons. The highest BCUT2D eigenvalue weighted by Gasteiger charge is 2.56. The molecule has 0 aromatic heterocycles. The Hall–Kier alpha value is -0.220. The molecule has 0 bridgehead atoms. The second-order valence-electron chi connectivity index (χ2n) is 5.32. The van der Waals surface area contributed by atoms with Crippen molar-refractivity contribution in [3.63, 3.8) is 0 Å². The Bertz CT molecular complexity index is 278. The van der Waals surface area contributed by atoms with Crippen LogP contribution in [0.3, 0.4) is 0 Å². The molecule has 17 heavy (non-hydrogen) atoms. The molecule has 3 nitrogen and oxygen atoms in total. The zero-order chi connectivity index (χ0) is 12.4. The van der Waals surface area contributed by atoms with Gasteiger partial charge in [-0.25, -0.2) is 0 Å². The lowest BCUT2D eigenvalue weighted by molar-refractivity contribution is -0.177. The van der Waals surface area contributed by atoms with Crippen LogP contribution in [0.25, 0.3) is 0 Å². The maximum atomic E-state index is 12.2. The minimum atomic E-state index is -0.844. The van der Waals surface area contributed by atoms with Crippen molar-refractivity contribution in [2.45, 2.75) is 50.5 Å². The Kier molecular flexibility index (Phi) is 4.03. The standard InChI is InChI=1S/C13H22O3S/c1-16-11(14)12(6-3-2-4-7-12)13(15)8-5-9-17-10-13/h15H,2-10H2,1H3. The van der Waals surface area contributed by atoms with E-state index in [1.165, 1.54) is 13.5 Å². The van der Waals surface area contributed by atoms with Crippen LogP contribution in [-0.4, -0.2) is 35.3 Å². The first-order valence-electron chi connectivity index (χ1n) is 6.53. The first-order valence-corrected chi connectivity index (χ1v) is 7.69. The van der Waals surface area contributed by atoms with E-state index in [1.807, 2.05) is 0 Å². The maximum absolute atomic E-state index is 12.2. The zero-order valence-electron chi connectivity index (χ0n) is 10.5. The molecule has 1 unspecified atom stereocenters. The summed E-state index contributed by atoms with van der Waals surface area (Å²) < 4.78 is 5.00. The third-order valence-corrected chi connectivity index (χ3v) is 5.65. The van der Waals surface area contributed by atoms with E-state index >= 15 is 0 Å². The molecule has 0 spiro atoms. The highest BCUT2D eigenvalue weighted by Crippen LogP contribution is 2.50. The van der Waals surface area contributed by atoms with Gasteiger partial charge in [0.1, 0.15) is 0 Å². The number of rotatable bonds is 2. The molecule has 0 aromatic carbocycles. The largest absolute Gasteiger partial charge is 0.469 e. The summed E-state index contributed by atoms with van der Waals surface area (Å²) in [5, 5.41) is 10.9. The SMILES string of the molecule is COC(=O)C1(C2(O)CCCSC2)CCCCC1. The van der Waals surface area contributed by atoms with Gasteiger partial charge in [-0.05, 0) is 31.4 Å². The molecule has 1 saturated heterocycles. The Morgan fingerprint density at radius 1 is 1.18 bits per heavy atom. The molecule has 0 radical (unpaired) electrons. The van der Waals surface area contributed by atoms with Crippen LogP contribution in [0, 0.1) is 5.41 Å². The predicted octanol–water partition coefficient (Wildman–Crippen LogP) is 2.37. The molecule has 1 atom stereocenters. The maximum Gasteiger partial charge on any atom is 0.314 e. The normalized spacial score (nSPS) is 33.1. The fourth-order valence-electron chi connectivity index (χ4n) is 3.37. The van der Waals surface area contributed by atoms with Gasteiger partial charge < -0.3 is 9.84 Å². The van der Waals surface area contributed by atoms with Crippen LogP contribution in [0.1, 0.15) is 44.9 Å². The van der Waals surface area contributed by atoms with E-state index in [9.17, 15) is 9.90 Å². The molecular weight excluding hydrogens is 236 g/mol. The number of thioether (sulfide) groups is 1. The van der Waals surface area contributed by atoms with Crippen molar-refractivity contribution in [3.05, 3.63) is 0 Å². The summed E-state index contributed by atoms with van der Waals surface area (Å²) in [5.41, 5.74) is -1.48. The second kappa shape index (κ2) is 5.19. The molecule has 2 rings (SSSR count). The molecule has 1 aliphatic carbocycles. The van der Waals surface area contributed by atoms with Crippen LogP contribution in [-0.2, 0) is 9.53 Å². The van der Waals surface area contributed by atoms with Crippen LogP contribution >= 0.6 is 11.8 Å². The van der Waals surface area contributed by atoms with Crippen LogP contribution in [0.2, 0.25) is 0 Å². The first kappa shape index (κ1) is 13.2. The smallest absolute Gasteiger partial charge is 0.314 e. The van der Waals surface area contributed by atoms with Crippen LogP contribution in [0.15, 0.2) is 0 Å². The van der Waals surface area contributed by atoms with Crippen LogP contribution in [0.5, 0.6) is 0 Å². The second-order valence-corrected chi connectivity index (χ2v) is 6.43. The van der Waals surface area contributed by atoms with Gasteiger partial charge in [-0.15, -0.1) is 0 Å². The Morgan fingerprint density at radius 2 is 1.88 bits per heavy atom. The molecule has 0 aromatic rings. The monoisotopic (exact) mass is 258 g/mol. The number of ether oxygens (including phenoxy) is 1. The van der Waals surface area contributed by atoms with Crippen molar-refractivity contribution in [3.8, 4) is 0 Å². The van der Waals surface area contributed by atoms with E-state index in [0.29, 0.717) is 5.75 Å². The lowest BCUT2D eigenvalue weighted by Gasteiger charge is -2.48. The summed E-state index contributed by atoms with van der Waals surface area (Å²) in [4.78, 5) is 12.2. The van der Waals surface area contributed by atoms with Crippen LogP contribution < -0.4 is 0 Å². The lowest BCUT2D eigenvalue weighted by Crippen LogP contribution is -2.57. The third-order valence-electron chi connectivity index (χ3n) is 4.39. The van der Waals surface area contributed by atoms with E-state index in [-0.39, 0.29) is 5.97 Å². The quantitative estimate of drug-likeness (QED) is 0.772. The molecular formula is C13H22O3S. The summed E-state index contributed by atoms with van der Waals surface area (Å²) >= 11 is 1.76. The predicted molar refractivity (Wildman–Crippen MR) is 69.0 cm³/mol. The van der Waals surface area contributed by atoms with E-state index in [0.717, 1.165) is 44.3 Å². The molecule has 1 heterocycles. The van der Waals surface area contributed by atoms with Crippen molar-refractivity contribution in [2.75, 3.05) is 18.6 Å². The average Bonchev–Trinajstić information content (AvgIpc) is 2.39. The van der Waals surface area contributed by atoms with Gasteiger partial charge in [0.05, 0.1) is 18.1 Å². The molecule has 4 heteroatoms. The number of esters is 1. The van der Waals surface area contributed by atoms with E-state index in [4.69, 9.17) is 4.74 Å². The lowest BCUT2D eigenvalue weighted by atomic mass is 9.62. The highest BCUT2D eigenvalue weighted by molar-refractivity contribution is 7.99. The summed E-state index contributed by atoms with van der Waals surface area (Å²) in [6.07, 6.45) is 6.55. The van der Waals surface area contributed by atoms with E-state index in [1.54, 1.807) is 11.8 Å². The third kappa shape index (κ3) is 2.22. The molecule has 2 aliphatic rings. The van der Waals surface area contributed by atoms with Gasteiger partial charge in [0.25, 0.3) is 0 Å². The molecule has 2 fully saturated rings. The number of methoxy groups -OCH3 is 1. The number of carbonyl (C=O) groups excluding carboxylic acids is 1. The minimum Gasteiger partial charge on any atom is -0.469 e. The van der Waals surface area contributed by atoms with Crippen LogP contribution in [0.4, 0.5) is 0 Å². The number of hydrogen-bond acceptors (Lipinski definition) is 4. The molecule has 1 saturated carbocycles. The molecule has 1 N–H and O–H groups in total. The van der Waals surface area contributed by atoms with Gasteiger partial charge in [0.2, 0.25) is 0 Å². The van der Waals surface area contributed by atoms with Crippen molar-refractivity contribution < 1.29 is 14.6 Å². The molecule has 0 amide bonds. The van der Waals surface area contributed by atoms with Gasteiger partial charge in [-0.3, -0.25) is 4.79 Å². The van der Waals surface area contributed by atoms with Crippen molar-refractivity contribution >= 4 is 17.7 Å². The Morgan fingerprint density at radius 3 is 2.41 bits per heavy atom. The van der Waals surface area contributed by atoms with Crippen molar-refractivity contribution in [1.29, 1.82) is 0 Å². The van der Waals surface area contributed by atoms with E-state index < -0.39 is 11.0 Å². The van der Waals surface area contributed by atoms with Gasteiger partial charge in [-0.2, -0.15) is 11.8 Å². The number of aliphatic hydroxyl groups is 1. The summed E-state index contributed by atoms with van der Waals surface area (Å²) in [7, 11) is 1.44. The minimum absolute atomic E-state index is 0.192. The van der Waals surface area contributed by atoms with Gasteiger partial charge in [0.15, 0.2) is 0 Å². The fraction of sp³-hybridized carbons (Fsp3) is 0.923. The first-order chi connectivity index (χ1) is 8.15. The highest BCUT2D eigenvalue weighted by atomic mass is 32.2. The fourth-order valence-corrected chi connectivity index (χ4v) is 4.62. The number of carbonyl (C=O) groups is 1. The Labute approximate surface area is 107 Å². The number of hydrogen-bond donors (Lipinski definition) is 1.